The van der Waals surface area contributed by atoms with Gasteiger partial charge in [0.05, 0.1) is 35.2 Å². The largest absolute Gasteiger partial charge is 0.386 e. The van der Waals surface area contributed by atoms with Crippen molar-refractivity contribution in [1.29, 1.82) is 0 Å². The highest BCUT2D eigenvalue weighted by atomic mass is 35.5. The van der Waals surface area contributed by atoms with Crippen molar-refractivity contribution in [2.24, 2.45) is 0 Å². The average molecular weight is 549 g/mol. The van der Waals surface area contributed by atoms with Gasteiger partial charge in [0.1, 0.15) is 9.84 Å². The number of sulfone groups is 1. The van der Waals surface area contributed by atoms with Gasteiger partial charge in [0.25, 0.3) is 5.91 Å². The summed E-state index contributed by atoms with van der Waals surface area (Å²) in [7, 11) is -3.34. The van der Waals surface area contributed by atoms with Crippen LogP contribution in [0.15, 0.2) is 60.8 Å². The number of rotatable bonds is 8. The monoisotopic (exact) mass is 548 g/mol. The van der Waals surface area contributed by atoms with Crippen LogP contribution in [0.5, 0.6) is 0 Å². The SMILES string of the molecule is CC(C)(O)c1ccc2c(c1)C(=O)N(Cc1ccc(Cl)cn1)[C@@]2(OCCS(C)(=O)=O)c1ccc(Cl)cc1. The molecule has 0 saturated carbocycles. The lowest BCUT2D eigenvalue weighted by Gasteiger charge is -2.39. The second-order valence-corrected chi connectivity index (χ2v) is 12.4. The summed E-state index contributed by atoms with van der Waals surface area (Å²) >= 11 is 12.2. The predicted octanol–water partition coefficient (Wildman–Crippen LogP) is 4.53. The van der Waals surface area contributed by atoms with Gasteiger partial charge in [0.15, 0.2) is 5.72 Å². The zero-order valence-corrected chi connectivity index (χ0v) is 22.4. The maximum Gasteiger partial charge on any atom is 0.257 e. The van der Waals surface area contributed by atoms with E-state index in [0.29, 0.717) is 38.0 Å². The first-order valence-corrected chi connectivity index (χ1v) is 14.0. The number of pyridine rings is 1. The minimum Gasteiger partial charge on any atom is -0.386 e. The number of aliphatic hydroxyl groups is 1. The molecule has 2 aromatic carbocycles. The van der Waals surface area contributed by atoms with Crippen molar-refractivity contribution in [3.63, 3.8) is 0 Å². The Hall–Kier alpha value is -2.49. The van der Waals surface area contributed by atoms with Crippen LogP contribution in [0, 0.1) is 0 Å². The van der Waals surface area contributed by atoms with Crippen molar-refractivity contribution in [2.75, 3.05) is 18.6 Å². The highest BCUT2D eigenvalue weighted by Crippen LogP contribution is 2.47. The van der Waals surface area contributed by atoms with Crippen molar-refractivity contribution < 1.29 is 23.1 Å². The smallest absolute Gasteiger partial charge is 0.257 e. The topological polar surface area (TPSA) is 96.8 Å². The first-order valence-electron chi connectivity index (χ1n) is 11.2. The summed E-state index contributed by atoms with van der Waals surface area (Å²) in [4.78, 5) is 19.8. The number of carbonyl (C=O) groups excluding carboxylic acids is 1. The lowest BCUT2D eigenvalue weighted by atomic mass is 9.89. The third kappa shape index (κ3) is 5.28. The van der Waals surface area contributed by atoms with Crippen molar-refractivity contribution in [3.8, 4) is 0 Å². The second-order valence-electron chi connectivity index (χ2n) is 9.31. The van der Waals surface area contributed by atoms with E-state index in [1.54, 1.807) is 68.4 Å². The first-order chi connectivity index (χ1) is 16.8. The highest BCUT2D eigenvalue weighted by molar-refractivity contribution is 7.90. The zero-order chi connectivity index (χ0) is 26.3. The van der Waals surface area contributed by atoms with E-state index in [1.807, 2.05) is 0 Å². The molecule has 0 fully saturated rings. The number of hydrogen-bond acceptors (Lipinski definition) is 6. The van der Waals surface area contributed by atoms with Crippen LogP contribution >= 0.6 is 23.2 Å². The Bertz CT molecular complexity index is 1390. The fourth-order valence-corrected chi connectivity index (χ4v) is 4.87. The molecule has 0 spiro atoms. The predicted molar refractivity (Wildman–Crippen MR) is 139 cm³/mol. The molecule has 1 aromatic heterocycles. The number of nitrogens with zero attached hydrogens (tertiary/aromatic N) is 2. The number of hydrogen-bond donors (Lipinski definition) is 1. The third-order valence-corrected chi connectivity index (χ3v) is 7.44. The van der Waals surface area contributed by atoms with Crippen LogP contribution in [0.3, 0.4) is 0 Å². The number of aromatic nitrogens is 1. The molecule has 10 heteroatoms. The van der Waals surface area contributed by atoms with Gasteiger partial charge in [-0.25, -0.2) is 8.42 Å². The quantitative estimate of drug-likeness (QED) is 0.444. The number of benzene rings is 2. The molecule has 0 unspecified atom stereocenters. The van der Waals surface area contributed by atoms with Gasteiger partial charge in [-0.15, -0.1) is 0 Å². The third-order valence-electron chi connectivity index (χ3n) is 6.06. The molecule has 190 valence electrons. The zero-order valence-electron chi connectivity index (χ0n) is 20.0. The Morgan fingerprint density at radius 2 is 1.72 bits per heavy atom. The summed E-state index contributed by atoms with van der Waals surface area (Å²) in [5.74, 6) is -0.581. The molecule has 1 amide bonds. The molecule has 3 aromatic rings. The number of amides is 1. The first kappa shape index (κ1) is 26.6. The van der Waals surface area contributed by atoms with Gasteiger partial charge in [-0.2, -0.15) is 0 Å². The lowest BCUT2D eigenvalue weighted by Crippen LogP contribution is -2.47. The van der Waals surface area contributed by atoms with Crippen molar-refractivity contribution >= 4 is 38.9 Å². The summed E-state index contributed by atoms with van der Waals surface area (Å²) in [6, 6.07) is 15.4. The van der Waals surface area contributed by atoms with Gasteiger partial charge in [-0.3, -0.25) is 14.7 Å². The molecular formula is C26H26Cl2N2O5S. The lowest BCUT2D eigenvalue weighted by molar-refractivity contribution is -0.106. The molecule has 0 bridgehead atoms. The maximum atomic E-state index is 13.9. The molecule has 2 heterocycles. The van der Waals surface area contributed by atoms with E-state index in [4.69, 9.17) is 27.9 Å². The molecule has 4 rings (SSSR count). The minimum absolute atomic E-state index is 0.0596. The molecule has 0 aliphatic carbocycles. The standard InChI is InChI=1S/C26H26Cl2N2O5S/c1-25(2,32)18-6-11-23-22(14-18)24(31)30(16-21-10-9-20(28)15-29-21)26(23,35-12-13-36(3,33)34)17-4-7-19(27)8-5-17/h4-11,14-15,32H,12-13,16H2,1-3H3/t26-/m1/s1. The van der Waals surface area contributed by atoms with Crippen LogP contribution in [0.2, 0.25) is 10.0 Å². The van der Waals surface area contributed by atoms with Gasteiger partial charge in [-0.05, 0) is 49.7 Å². The fourth-order valence-electron chi connectivity index (χ4n) is 4.24. The molecule has 1 atom stereocenters. The van der Waals surface area contributed by atoms with E-state index in [9.17, 15) is 18.3 Å². The molecule has 1 aliphatic rings. The summed E-state index contributed by atoms with van der Waals surface area (Å²) in [6.45, 7) is 3.17. The molecule has 7 nitrogen and oxygen atoms in total. The molecular weight excluding hydrogens is 523 g/mol. The summed E-state index contributed by atoms with van der Waals surface area (Å²) in [5.41, 5.74) is -0.0435. The van der Waals surface area contributed by atoms with Gasteiger partial charge in [0, 0.05) is 34.2 Å². The van der Waals surface area contributed by atoms with Crippen LogP contribution in [0.1, 0.15) is 46.6 Å². The number of fused-ring (bicyclic) bond motifs is 1. The summed E-state index contributed by atoms with van der Waals surface area (Å²) < 4.78 is 30.3. The average Bonchev–Trinajstić information content (AvgIpc) is 3.02. The van der Waals surface area contributed by atoms with Crippen LogP contribution in [-0.2, 0) is 32.4 Å². The Labute approximate surface area is 220 Å². The number of carbonyl (C=O) groups is 1. The van der Waals surface area contributed by atoms with Crippen molar-refractivity contribution in [2.45, 2.75) is 31.7 Å². The minimum atomic E-state index is -3.34. The van der Waals surface area contributed by atoms with E-state index in [-0.39, 0.29) is 24.8 Å². The number of ether oxygens (including phenoxy) is 1. The van der Waals surface area contributed by atoms with E-state index < -0.39 is 21.2 Å². The second kappa shape index (κ2) is 9.76. The van der Waals surface area contributed by atoms with Crippen LogP contribution in [0.4, 0.5) is 0 Å². The van der Waals surface area contributed by atoms with E-state index >= 15 is 0 Å². The molecule has 36 heavy (non-hydrogen) atoms. The molecule has 0 saturated heterocycles. The van der Waals surface area contributed by atoms with E-state index in [2.05, 4.69) is 4.98 Å². The Kier molecular flexibility index (Phi) is 7.20. The van der Waals surface area contributed by atoms with Crippen LogP contribution in [-0.4, -0.2) is 47.9 Å². The maximum absolute atomic E-state index is 13.9. The Balaban J connectivity index is 1.93. The van der Waals surface area contributed by atoms with E-state index in [1.165, 1.54) is 11.1 Å². The summed E-state index contributed by atoms with van der Waals surface area (Å²) in [5, 5.41) is 11.5. The Morgan fingerprint density at radius 1 is 1.06 bits per heavy atom. The molecule has 1 aliphatic heterocycles. The van der Waals surface area contributed by atoms with Crippen molar-refractivity contribution in [3.05, 3.63) is 98.8 Å². The Morgan fingerprint density at radius 3 is 2.31 bits per heavy atom. The normalized spacial score (nSPS) is 17.9. The molecule has 1 N–H and O–H groups in total. The van der Waals surface area contributed by atoms with Crippen molar-refractivity contribution in [1.82, 2.24) is 9.88 Å². The van der Waals surface area contributed by atoms with E-state index in [0.717, 1.165) is 6.26 Å². The van der Waals surface area contributed by atoms with Gasteiger partial charge in [-0.1, -0.05) is 47.5 Å². The van der Waals surface area contributed by atoms with Gasteiger partial charge >= 0.3 is 0 Å². The van der Waals surface area contributed by atoms with Gasteiger partial charge < -0.3 is 9.84 Å². The molecule has 0 radical (unpaired) electrons. The fraction of sp³-hybridized carbons (Fsp3) is 0.308. The summed E-state index contributed by atoms with van der Waals surface area (Å²) in [6.07, 6.45) is 2.62. The van der Waals surface area contributed by atoms with Crippen LogP contribution < -0.4 is 0 Å². The number of halogens is 2. The highest BCUT2D eigenvalue weighted by Gasteiger charge is 2.52. The van der Waals surface area contributed by atoms with Crippen LogP contribution in [0.25, 0.3) is 0 Å². The van der Waals surface area contributed by atoms with Gasteiger partial charge in [0.2, 0.25) is 0 Å².